The molecule has 2 aromatic rings. The van der Waals surface area contributed by atoms with E-state index in [2.05, 4.69) is 5.43 Å². The molecule has 1 saturated heterocycles. The smallest absolute Gasteiger partial charge is 0.287 e. The maximum Gasteiger partial charge on any atom is 0.409 e. The molecule has 0 spiro atoms. The molecule has 3 rings (SSSR count). The van der Waals surface area contributed by atoms with Crippen molar-refractivity contribution in [1.29, 1.82) is 0 Å². The van der Waals surface area contributed by atoms with E-state index in [1.165, 1.54) is 24.3 Å². The van der Waals surface area contributed by atoms with Crippen LogP contribution in [0.1, 0.15) is 25.5 Å². The summed E-state index contributed by atoms with van der Waals surface area (Å²) >= 11 is 0. The van der Waals surface area contributed by atoms with Gasteiger partial charge in [0.1, 0.15) is 5.82 Å². The molecule has 1 unspecified atom stereocenters. The Kier molecular flexibility index (Phi) is 3.79. The average Bonchev–Trinajstić information content (AvgIpc) is 2.70. The molecule has 128 valence electrons. The van der Waals surface area contributed by atoms with E-state index < -0.39 is 29.4 Å². The highest BCUT2D eigenvalue weighted by molar-refractivity contribution is 5.87. The van der Waals surface area contributed by atoms with Crippen LogP contribution >= 0.6 is 0 Å². The van der Waals surface area contributed by atoms with Crippen molar-refractivity contribution in [2.45, 2.75) is 26.1 Å². The van der Waals surface area contributed by atoms with Crippen molar-refractivity contribution in [3.05, 3.63) is 47.8 Å². The molecule has 7 heteroatoms. The van der Waals surface area contributed by atoms with Crippen LogP contribution in [0.3, 0.4) is 0 Å². The van der Waals surface area contributed by atoms with Gasteiger partial charge in [-0.05, 0) is 42.3 Å². The molecule has 2 aromatic carbocycles. The molecule has 0 bridgehead atoms. The number of halogens is 4. The number of benzene rings is 2. The summed E-state index contributed by atoms with van der Waals surface area (Å²) in [5.74, 6) is -0.971. The summed E-state index contributed by atoms with van der Waals surface area (Å²) in [7, 11) is 0. The number of rotatable bonds is 2. The van der Waals surface area contributed by atoms with Gasteiger partial charge < -0.3 is 0 Å². The van der Waals surface area contributed by atoms with Gasteiger partial charge in [0.15, 0.2) is 6.04 Å². The lowest BCUT2D eigenvalue weighted by atomic mass is 9.93. The van der Waals surface area contributed by atoms with Crippen molar-refractivity contribution in [3.63, 3.8) is 0 Å². The van der Waals surface area contributed by atoms with E-state index in [0.717, 1.165) is 11.1 Å². The van der Waals surface area contributed by atoms with Gasteiger partial charge in [-0.2, -0.15) is 13.2 Å². The number of carbonyl (C=O) groups is 1. The van der Waals surface area contributed by atoms with E-state index in [4.69, 9.17) is 0 Å². The first-order valence-electron chi connectivity index (χ1n) is 7.42. The minimum absolute atomic E-state index is 0.0157. The number of carbonyl (C=O) groups excluding carboxylic acids is 1. The van der Waals surface area contributed by atoms with Crippen LogP contribution in [-0.4, -0.2) is 23.6 Å². The van der Waals surface area contributed by atoms with Crippen molar-refractivity contribution < 1.29 is 22.4 Å². The van der Waals surface area contributed by atoms with Gasteiger partial charge in [-0.15, -0.1) is 0 Å². The first-order chi connectivity index (χ1) is 11.1. The second-order valence-electron chi connectivity index (χ2n) is 6.61. The van der Waals surface area contributed by atoms with Crippen LogP contribution in [0.2, 0.25) is 0 Å². The van der Waals surface area contributed by atoms with Gasteiger partial charge in [-0.25, -0.2) is 9.40 Å². The van der Waals surface area contributed by atoms with E-state index in [1.54, 1.807) is 19.9 Å². The van der Waals surface area contributed by atoms with Crippen molar-refractivity contribution in [1.82, 2.24) is 10.4 Å². The third-order valence-corrected chi connectivity index (χ3v) is 4.22. The fourth-order valence-electron chi connectivity index (χ4n) is 3.01. The summed E-state index contributed by atoms with van der Waals surface area (Å²) in [5.41, 5.74) is 1.39. The third-order valence-electron chi connectivity index (χ3n) is 4.22. The molecular weight excluding hydrogens is 324 g/mol. The number of hydrogen-bond donors (Lipinski definition) is 1. The quantitative estimate of drug-likeness (QED) is 0.840. The second kappa shape index (κ2) is 5.44. The van der Waals surface area contributed by atoms with Crippen molar-refractivity contribution in [2.24, 2.45) is 5.41 Å². The monoisotopic (exact) mass is 340 g/mol. The zero-order valence-corrected chi connectivity index (χ0v) is 13.1. The highest BCUT2D eigenvalue weighted by Crippen LogP contribution is 2.42. The molecule has 0 aliphatic carbocycles. The van der Waals surface area contributed by atoms with Crippen LogP contribution in [0.5, 0.6) is 0 Å². The molecule has 0 aromatic heterocycles. The van der Waals surface area contributed by atoms with Crippen LogP contribution in [0.4, 0.5) is 17.6 Å². The predicted molar refractivity (Wildman–Crippen MR) is 81.3 cm³/mol. The van der Waals surface area contributed by atoms with E-state index in [-0.39, 0.29) is 12.1 Å². The SMILES string of the molecule is CC1(C)CN(C(c2cccc3cc(F)ccc23)C(F)(F)F)NC1=O. The molecule has 1 aliphatic rings. The molecule has 1 amide bonds. The molecular formula is C17H16F4N2O. The zero-order chi connectivity index (χ0) is 17.7. The van der Waals surface area contributed by atoms with Crippen LogP contribution < -0.4 is 5.43 Å². The van der Waals surface area contributed by atoms with Crippen molar-refractivity contribution >= 4 is 16.7 Å². The van der Waals surface area contributed by atoms with Gasteiger partial charge >= 0.3 is 6.18 Å². The summed E-state index contributed by atoms with van der Waals surface area (Å²) < 4.78 is 54.7. The van der Waals surface area contributed by atoms with Crippen LogP contribution in [0, 0.1) is 11.2 Å². The fourth-order valence-corrected chi connectivity index (χ4v) is 3.01. The Labute approximate surface area is 136 Å². The maximum absolute atomic E-state index is 13.8. The first-order valence-corrected chi connectivity index (χ1v) is 7.42. The zero-order valence-electron chi connectivity index (χ0n) is 13.1. The van der Waals surface area contributed by atoms with E-state index >= 15 is 0 Å². The van der Waals surface area contributed by atoms with E-state index in [9.17, 15) is 22.4 Å². The lowest BCUT2D eigenvalue weighted by Gasteiger charge is -2.30. The molecule has 0 saturated carbocycles. The molecule has 1 heterocycles. The largest absolute Gasteiger partial charge is 0.409 e. The Morgan fingerprint density at radius 1 is 1.21 bits per heavy atom. The minimum Gasteiger partial charge on any atom is -0.287 e. The van der Waals surface area contributed by atoms with Gasteiger partial charge in [0.25, 0.3) is 0 Å². The van der Waals surface area contributed by atoms with Crippen molar-refractivity contribution in [2.75, 3.05) is 6.54 Å². The topological polar surface area (TPSA) is 32.3 Å². The summed E-state index contributed by atoms with van der Waals surface area (Å²) in [6.45, 7) is 3.11. The first kappa shape index (κ1) is 16.7. The lowest BCUT2D eigenvalue weighted by Crippen LogP contribution is -2.43. The fraction of sp³-hybridized carbons (Fsp3) is 0.353. The van der Waals surface area contributed by atoms with Gasteiger partial charge in [0, 0.05) is 6.54 Å². The van der Waals surface area contributed by atoms with Gasteiger partial charge in [0.05, 0.1) is 5.41 Å². The van der Waals surface area contributed by atoms with E-state index in [1.807, 2.05) is 0 Å². The lowest BCUT2D eigenvalue weighted by molar-refractivity contribution is -0.191. The molecule has 1 N–H and O–H groups in total. The summed E-state index contributed by atoms with van der Waals surface area (Å²) in [6.07, 6.45) is -4.60. The summed E-state index contributed by atoms with van der Waals surface area (Å²) in [6, 6.07) is 6.03. The van der Waals surface area contributed by atoms with E-state index in [0.29, 0.717) is 10.8 Å². The van der Waals surface area contributed by atoms with Crippen LogP contribution in [-0.2, 0) is 4.79 Å². The summed E-state index contributed by atoms with van der Waals surface area (Å²) in [4.78, 5) is 11.9. The average molecular weight is 340 g/mol. The molecule has 1 atom stereocenters. The number of alkyl halides is 3. The molecule has 24 heavy (non-hydrogen) atoms. The summed E-state index contributed by atoms with van der Waals surface area (Å²) in [5, 5.41) is 1.60. The van der Waals surface area contributed by atoms with Gasteiger partial charge in [0.2, 0.25) is 5.91 Å². The molecule has 0 radical (unpaired) electrons. The van der Waals surface area contributed by atoms with Gasteiger partial charge in [-0.1, -0.05) is 24.3 Å². The molecule has 1 aliphatic heterocycles. The number of fused-ring (bicyclic) bond motifs is 1. The number of amides is 1. The number of nitrogens with one attached hydrogen (secondary N) is 1. The standard InChI is InChI=1S/C17H16F4N2O/c1-16(2)9-23(22-15(16)24)14(17(19,20)21)13-5-3-4-10-8-11(18)6-7-12(10)13/h3-8,14H,9H2,1-2H3,(H,22,24). The maximum atomic E-state index is 13.8. The number of nitrogens with zero attached hydrogens (tertiary/aromatic N) is 1. The van der Waals surface area contributed by atoms with Crippen molar-refractivity contribution in [3.8, 4) is 0 Å². The normalized spacial score (nSPS) is 19.5. The predicted octanol–water partition coefficient (Wildman–Crippen LogP) is 3.96. The minimum atomic E-state index is -4.60. The third kappa shape index (κ3) is 2.84. The molecule has 1 fully saturated rings. The Bertz CT molecular complexity index is 801. The number of hydrogen-bond acceptors (Lipinski definition) is 2. The highest BCUT2D eigenvalue weighted by atomic mass is 19.4. The second-order valence-corrected chi connectivity index (χ2v) is 6.61. The Morgan fingerprint density at radius 3 is 2.50 bits per heavy atom. The van der Waals surface area contributed by atoms with Gasteiger partial charge in [-0.3, -0.25) is 10.2 Å². The Morgan fingerprint density at radius 2 is 1.92 bits per heavy atom. The van der Waals surface area contributed by atoms with Crippen LogP contribution in [0.15, 0.2) is 36.4 Å². The Hall–Kier alpha value is -2.15. The Balaban J connectivity index is 2.13. The van der Waals surface area contributed by atoms with Crippen LogP contribution in [0.25, 0.3) is 10.8 Å². The molecule has 3 nitrogen and oxygen atoms in total. The highest BCUT2D eigenvalue weighted by Gasteiger charge is 2.51. The number of hydrazine groups is 1.